The van der Waals surface area contributed by atoms with Crippen LogP contribution in [0.3, 0.4) is 0 Å². The molecule has 0 fully saturated rings. The van der Waals surface area contributed by atoms with Crippen molar-refractivity contribution in [2.24, 2.45) is 0 Å². The van der Waals surface area contributed by atoms with E-state index in [1.807, 2.05) is 18.2 Å². The summed E-state index contributed by atoms with van der Waals surface area (Å²) in [6.45, 7) is 0. The molecule has 8 heteroatoms. The van der Waals surface area contributed by atoms with E-state index >= 15 is 0 Å². The number of ether oxygens (including phenoxy) is 2. The Labute approximate surface area is 164 Å². The first-order valence-corrected chi connectivity index (χ1v) is 10.2. The predicted octanol–water partition coefficient (Wildman–Crippen LogP) is 2.29. The van der Waals surface area contributed by atoms with Gasteiger partial charge in [-0.05, 0) is 42.5 Å². The summed E-state index contributed by atoms with van der Waals surface area (Å²) in [5, 5.41) is 0.888. The van der Waals surface area contributed by atoms with Crippen LogP contribution in [0, 0.1) is 0 Å². The van der Waals surface area contributed by atoms with Gasteiger partial charge < -0.3 is 9.47 Å². The van der Waals surface area contributed by atoms with Crippen LogP contribution in [-0.4, -0.2) is 38.6 Å². The van der Waals surface area contributed by atoms with E-state index < -0.39 is 10.9 Å². The van der Waals surface area contributed by atoms with Gasteiger partial charge >= 0.3 is 0 Å². The SMILES string of the molecule is COc1cc2ncnc(-c3ccc4c(c3)CCC(N[SH](=O)=O)C4)c2cc1OC. The molecule has 3 aromatic rings. The summed E-state index contributed by atoms with van der Waals surface area (Å²) >= 11 is 0. The number of rotatable bonds is 5. The van der Waals surface area contributed by atoms with Gasteiger partial charge in [0.25, 0.3) is 0 Å². The predicted molar refractivity (Wildman–Crippen MR) is 107 cm³/mol. The number of fused-ring (bicyclic) bond motifs is 2. The molecule has 1 aliphatic rings. The largest absolute Gasteiger partial charge is 0.493 e. The first-order valence-electron chi connectivity index (χ1n) is 8.98. The number of aryl methyl sites for hydroxylation is 1. The Morgan fingerprint density at radius 1 is 1.04 bits per heavy atom. The standard InChI is InChI=1S/C20H21N3O4S/c1-26-18-9-16-17(10-19(18)27-2)21-11-22-20(16)14-4-3-13-8-15(23-28(24)25)6-5-12(13)7-14/h3-4,7,9-11,15,28H,5-6,8H2,1-2H3,(H,23,24,25). The summed E-state index contributed by atoms with van der Waals surface area (Å²) in [7, 11) is 0.628. The van der Waals surface area contributed by atoms with Gasteiger partial charge in [-0.15, -0.1) is 0 Å². The van der Waals surface area contributed by atoms with Gasteiger partial charge in [-0.25, -0.2) is 23.1 Å². The van der Waals surface area contributed by atoms with Gasteiger partial charge in [0.2, 0.25) is 10.9 Å². The fourth-order valence-corrected chi connectivity index (χ4v) is 4.29. The highest BCUT2D eigenvalue weighted by Gasteiger charge is 2.20. The number of methoxy groups -OCH3 is 2. The number of benzene rings is 2. The fourth-order valence-electron chi connectivity index (χ4n) is 3.77. The van der Waals surface area contributed by atoms with Crippen LogP contribution in [0.4, 0.5) is 0 Å². The molecule has 1 unspecified atom stereocenters. The number of nitrogens with one attached hydrogen (secondary N) is 1. The summed E-state index contributed by atoms with van der Waals surface area (Å²) in [5.41, 5.74) is 5.01. The Hall–Kier alpha value is -2.71. The molecule has 7 nitrogen and oxygen atoms in total. The minimum absolute atomic E-state index is 0.0314. The minimum Gasteiger partial charge on any atom is -0.493 e. The first-order chi connectivity index (χ1) is 13.6. The number of nitrogens with zero attached hydrogens (tertiary/aromatic N) is 2. The van der Waals surface area contributed by atoms with E-state index in [9.17, 15) is 8.42 Å². The Kier molecular flexibility index (Phi) is 5.15. The average Bonchev–Trinajstić information content (AvgIpc) is 2.71. The van der Waals surface area contributed by atoms with Crippen molar-refractivity contribution in [3.63, 3.8) is 0 Å². The van der Waals surface area contributed by atoms with E-state index in [-0.39, 0.29) is 6.04 Å². The number of thiol groups is 1. The maximum Gasteiger partial charge on any atom is 0.201 e. The summed E-state index contributed by atoms with van der Waals surface area (Å²) in [6.07, 6.45) is 3.86. The minimum atomic E-state index is -2.57. The van der Waals surface area contributed by atoms with Crippen LogP contribution in [0.5, 0.6) is 11.5 Å². The maximum absolute atomic E-state index is 10.9. The molecule has 0 saturated heterocycles. The number of hydrogen-bond acceptors (Lipinski definition) is 6. The third-order valence-electron chi connectivity index (χ3n) is 5.14. The van der Waals surface area contributed by atoms with Crippen molar-refractivity contribution in [2.45, 2.75) is 25.3 Å². The van der Waals surface area contributed by atoms with Gasteiger partial charge in [0.1, 0.15) is 6.33 Å². The topological polar surface area (TPSA) is 90.4 Å². The average molecular weight is 399 g/mol. The summed E-state index contributed by atoms with van der Waals surface area (Å²) in [5.74, 6) is 1.25. The molecule has 146 valence electrons. The number of hydrogen-bond donors (Lipinski definition) is 2. The molecule has 0 saturated carbocycles. The lowest BCUT2D eigenvalue weighted by molar-refractivity contribution is 0.356. The highest BCUT2D eigenvalue weighted by atomic mass is 32.2. The highest BCUT2D eigenvalue weighted by Crippen LogP contribution is 2.36. The third-order valence-corrected chi connectivity index (χ3v) is 5.71. The zero-order valence-electron chi connectivity index (χ0n) is 15.6. The fraction of sp³-hybridized carbons (Fsp3) is 0.300. The maximum atomic E-state index is 10.9. The lowest BCUT2D eigenvalue weighted by Gasteiger charge is -2.24. The van der Waals surface area contributed by atoms with Crippen LogP contribution >= 0.6 is 0 Å². The van der Waals surface area contributed by atoms with E-state index in [1.54, 1.807) is 20.5 Å². The first kappa shape index (κ1) is 18.6. The Morgan fingerprint density at radius 3 is 2.57 bits per heavy atom. The molecule has 4 rings (SSSR count). The molecule has 2 aromatic carbocycles. The lowest BCUT2D eigenvalue weighted by Crippen LogP contribution is -2.33. The van der Waals surface area contributed by atoms with Crippen molar-refractivity contribution in [1.82, 2.24) is 14.7 Å². The van der Waals surface area contributed by atoms with Crippen molar-refractivity contribution in [2.75, 3.05) is 14.2 Å². The van der Waals surface area contributed by atoms with E-state index in [1.165, 1.54) is 11.1 Å². The van der Waals surface area contributed by atoms with Crippen LogP contribution in [0.25, 0.3) is 22.2 Å². The third kappa shape index (κ3) is 3.53. The van der Waals surface area contributed by atoms with Crippen molar-refractivity contribution >= 4 is 21.8 Å². The van der Waals surface area contributed by atoms with Crippen molar-refractivity contribution in [1.29, 1.82) is 0 Å². The zero-order chi connectivity index (χ0) is 19.7. The normalized spacial score (nSPS) is 16.2. The van der Waals surface area contributed by atoms with E-state index in [4.69, 9.17) is 9.47 Å². The van der Waals surface area contributed by atoms with E-state index in [0.717, 1.165) is 35.0 Å². The lowest BCUT2D eigenvalue weighted by atomic mass is 9.87. The molecule has 0 bridgehead atoms. The van der Waals surface area contributed by atoms with E-state index in [0.29, 0.717) is 17.9 Å². The Morgan fingerprint density at radius 2 is 1.82 bits per heavy atom. The van der Waals surface area contributed by atoms with Gasteiger partial charge in [-0.3, -0.25) is 0 Å². The van der Waals surface area contributed by atoms with Crippen LogP contribution in [0.2, 0.25) is 0 Å². The molecule has 1 N–H and O–H groups in total. The molecule has 0 radical (unpaired) electrons. The summed E-state index contributed by atoms with van der Waals surface area (Å²) in [6, 6.07) is 9.94. The van der Waals surface area contributed by atoms with Crippen LogP contribution < -0.4 is 14.2 Å². The Bertz CT molecular complexity index is 1110. The smallest absolute Gasteiger partial charge is 0.201 e. The quantitative estimate of drug-likeness (QED) is 0.640. The molecule has 1 aromatic heterocycles. The number of aromatic nitrogens is 2. The monoisotopic (exact) mass is 399 g/mol. The van der Waals surface area contributed by atoms with E-state index in [2.05, 4.69) is 26.8 Å². The summed E-state index contributed by atoms with van der Waals surface area (Å²) < 4.78 is 35.3. The van der Waals surface area contributed by atoms with Crippen LogP contribution in [0.1, 0.15) is 17.5 Å². The van der Waals surface area contributed by atoms with Crippen LogP contribution in [0.15, 0.2) is 36.7 Å². The molecule has 1 heterocycles. The second-order valence-corrected chi connectivity index (χ2v) is 7.53. The molecule has 1 aliphatic carbocycles. The molecule has 0 aliphatic heterocycles. The van der Waals surface area contributed by atoms with Crippen LogP contribution in [-0.2, 0) is 23.7 Å². The molecular formula is C20H21N3O4S. The zero-order valence-corrected chi connectivity index (χ0v) is 16.5. The molecular weight excluding hydrogens is 378 g/mol. The highest BCUT2D eigenvalue weighted by molar-refractivity contribution is 7.70. The van der Waals surface area contributed by atoms with Crippen molar-refractivity contribution in [3.05, 3.63) is 47.8 Å². The van der Waals surface area contributed by atoms with Crippen molar-refractivity contribution in [3.8, 4) is 22.8 Å². The van der Waals surface area contributed by atoms with Crippen molar-refractivity contribution < 1.29 is 17.9 Å². The molecule has 28 heavy (non-hydrogen) atoms. The van der Waals surface area contributed by atoms with Gasteiger partial charge in [0, 0.05) is 23.1 Å². The van der Waals surface area contributed by atoms with Gasteiger partial charge in [-0.2, -0.15) is 0 Å². The summed E-state index contributed by atoms with van der Waals surface area (Å²) in [4.78, 5) is 8.88. The van der Waals surface area contributed by atoms with Gasteiger partial charge in [-0.1, -0.05) is 12.1 Å². The van der Waals surface area contributed by atoms with Gasteiger partial charge in [0.05, 0.1) is 25.4 Å². The Balaban J connectivity index is 1.75. The molecule has 0 amide bonds. The van der Waals surface area contributed by atoms with Gasteiger partial charge in [0.15, 0.2) is 11.5 Å². The second kappa shape index (κ2) is 7.73. The second-order valence-electron chi connectivity index (χ2n) is 6.76. The molecule has 1 atom stereocenters. The molecule has 0 spiro atoms.